The van der Waals surface area contributed by atoms with Gasteiger partial charge in [0.1, 0.15) is 17.2 Å². The van der Waals surface area contributed by atoms with E-state index in [0.717, 1.165) is 37.6 Å². The Kier molecular flexibility index (Phi) is 5.97. The molecule has 0 atom stereocenters. The molecular weight excluding hydrogens is 382 g/mol. The lowest BCUT2D eigenvalue weighted by Crippen LogP contribution is -2.53. The molecule has 0 saturated carbocycles. The van der Waals surface area contributed by atoms with E-state index in [-0.39, 0.29) is 5.91 Å². The molecule has 2 aliphatic heterocycles. The normalized spacial score (nSPS) is 19.7. The number of aryl methyl sites for hydroxylation is 1. The summed E-state index contributed by atoms with van der Waals surface area (Å²) in [5.74, 6) is 1.74. The van der Waals surface area contributed by atoms with Crippen LogP contribution < -0.4 is 9.64 Å². The van der Waals surface area contributed by atoms with Crippen molar-refractivity contribution < 1.29 is 14.6 Å². The number of hydrogen-bond donors (Lipinski definition) is 1. The van der Waals surface area contributed by atoms with Gasteiger partial charge >= 0.3 is 0 Å². The van der Waals surface area contributed by atoms with Crippen LogP contribution in [0, 0.1) is 0 Å². The Bertz CT molecular complexity index is 850. The van der Waals surface area contributed by atoms with Gasteiger partial charge in [-0.3, -0.25) is 9.69 Å². The highest BCUT2D eigenvalue weighted by atomic mass is 16.5. The molecule has 1 amide bonds. The van der Waals surface area contributed by atoms with Gasteiger partial charge in [-0.05, 0) is 37.1 Å². The third-order valence-corrected chi connectivity index (χ3v) is 6.35. The molecule has 4 rings (SSSR count). The average Bonchev–Trinajstić information content (AvgIpc) is 3.22. The number of methoxy groups -OCH3 is 1. The first-order chi connectivity index (χ1) is 14.5. The van der Waals surface area contributed by atoms with Crippen molar-refractivity contribution in [2.75, 3.05) is 57.8 Å². The SMILES string of the molecule is COc1ccc(N2CCN(C(=O)CN3CCC(O)(c4nccn4C)CC3)CC2)cc1. The van der Waals surface area contributed by atoms with Crippen molar-refractivity contribution in [1.29, 1.82) is 0 Å². The van der Waals surface area contributed by atoms with Gasteiger partial charge in [-0.15, -0.1) is 0 Å². The Balaban J connectivity index is 1.25. The van der Waals surface area contributed by atoms with Crippen molar-refractivity contribution in [3.05, 3.63) is 42.5 Å². The van der Waals surface area contributed by atoms with E-state index in [1.807, 2.05) is 34.8 Å². The van der Waals surface area contributed by atoms with Gasteiger partial charge in [0.25, 0.3) is 0 Å². The van der Waals surface area contributed by atoms with Crippen LogP contribution in [0.4, 0.5) is 5.69 Å². The first-order valence-corrected chi connectivity index (χ1v) is 10.6. The molecule has 2 aromatic rings. The zero-order chi connectivity index (χ0) is 21.1. The van der Waals surface area contributed by atoms with Gasteiger partial charge in [-0.1, -0.05) is 0 Å². The van der Waals surface area contributed by atoms with Crippen molar-refractivity contribution in [3.63, 3.8) is 0 Å². The van der Waals surface area contributed by atoms with Crippen LogP contribution in [0.2, 0.25) is 0 Å². The first kappa shape index (κ1) is 20.7. The summed E-state index contributed by atoms with van der Waals surface area (Å²) in [6, 6.07) is 8.06. The molecule has 1 aromatic heterocycles. The summed E-state index contributed by atoms with van der Waals surface area (Å²) in [4.78, 5) is 23.5. The number of likely N-dealkylation sites (tertiary alicyclic amines) is 1. The van der Waals surface area contributed by atoms with Gasteiger partial charge in [0.2, 0.25) is 5.91 Å². The Morgan fingerprint density at radius 1 is 1.10 bits per heavy atom. The lowest BCUT2D eigenvalue weighted by molar-refractivity contribution is -0.134. The molecule has 0 spiro atoms. The third kappa shape index (κ3) is 4.29. The van der Waals surface area contributed by atoms with E-state index < -0.39 is 5.60 Å². The van der Waals surface area contributed by atoms with E-state index in [0.29, 0.717) is 38.3 Å². The van der Waals surface area contributed by atoms with Gasteiger partial charge in [0.15, 0.2) is 0 Å². The van der Waals surface area contributed by atoms with Crippen molar-refractivity contribution in [2.24, 2.45) is 7.05 Å². The van der Waals surface area contributed by atoms with E-state index in [4.69, 9.17) is 4.74 Å². The van der Waals surface area contributed by atoms with Crippen molar-refractivity contribution in [3.8, 4) is 5.75 Å². The predicted molar refractivity (Wildman–Crippen MR) is 115 cm³/mol. The Morgan fingerprint density at radius 3 is 2.33 bits per heavy atom. The number of amides is 1. The minimum absolute atomic E-state index is 0.173. The molecule has 0 radical (unpaired) electrons. The molecule has 2 fully saturated rings. The largest absolute Gasteiger partial charge is 0.497 e. The molecule has 0 aliphatic carbocycles. The van der Waals surface area contributed by atoms with E-state index in [1.165, 1.54) is 0 Å². The quantitative estimate of drug-likeness (QED) is 0.790. The molecule has 8 heteroatoms. The van der Waals surface area contributed by atoms with Crippen LogP contribution in [0.5, 0.6) is 5.75 Å². The summed E-state index contributed by atoms with van der Waals surface area (Å²) in [6.07, 6.45) is 4.76. The van der Waals surface area contributed by atoms with E-state index in [1.54, 1.807) is 13.3 Å². The molecule has 0 unspecified atom stereocenters. The summed E-state index contributed by atoms with van der Waals surface area (Å²) in [7, 11) is 3.57. The topological polar surface area (TPSA) is 74.1 Å². The molecule has 30 heavy (non-hydrogen) atoms. The molecule has 0 bridgehead atoms. The highest BCUT2D eigenvalue weighted by Gasteiger charge is 2.37. The minimum Gasteiger partial charge on any atom is -0.497 e. The number of ether oxygens (including phenoxy) is 1. The third-order valence-electron chi connectivity index (χ3n) is 6.35. The monoisotopic (exact) mass is 413 g/mol. The average molecular weight is 414 g/mol. The maximum atomic E-state index is 12.8. The lowest BCUT2D eigenvalue weighted by Gasteiger charge is -2.39. The Hall–Kier alpha value is -2.58. The van der Waals surface area contributed by atoms with Gasteiger partial charge in [-0.2, -0.15) is 0 Å². The van der Waals surface area contributed by atoms with Crippen LogP contribution in [-0.4, -0.2) is 83.3 Å². The van der Waals surface area contributed by atoms with Crippen molar-refractivity contribution >= 4 is 11.6 Å². The number of anilines is 1. The van der Waals surface area contributed by atoms with Crippen LogP contribution >= 0.6 is 0 Å². The molecule has 2 saturated heterocycles. The van der Waals surface area contributed by atoms with Crippen LogP contribution in [0.15, 0.2) is 36.7 Å². The summed E-state index contributed by atoms with van der Waals surface area (Å²) in [5.41, 5.74) is 0.259. The van der Waals surface area contributed by atoms with Crippen molar-refractivity contribution in [1.82, 2.24) is 19.4 Å². The van der Waals surface area contributed by atoms with Crippen LogP contribution in [0.1, 0.15) is 18.7 Å². The number of imidazole rings is 1. The van der Waals surface area contributed by atoms with Gasteiger partial charge in [0, 0.05) is 64.4 Å². The fourth-order valence-corrected chi connectivity index (χ4v) is 4.42. The van der Waals surface area contributed by atoms with Crippen molar-refractivity contribution in [2.45, 2.75) is 18.4 Å². The summed E-state index contributed by atoms with van der Waals surface area (Å²) < 4.78 is 7.10. The summed E-state index contributed by atoms with van der Waals surface area (Å²) >= 11 is 0. The second kappa shape index (κ2) is 8.65. The molecule has 162 valence electrons. The maximum absolute atomic E-state index is 12.8. The van der Waals surface area contributed by atoms with E-state index in [9.17, 15) is 9.90 Å². The molecular formula is C22H31N5O3. The number of piperazine rings is 1. The zero-order valence-electron chi connectivity index (χ0n) is 17.8. The van der Waals surface area contributed by atoms with Gasteiger partial charge in [0.05, 0.1) is 13.7 Å². The fraction of sp³-hybridized carbons (Fsp3) is 0.545. The fourth-order valence-electron chi connectivity index (χ4n) is 4.42. The van der Waals surface area contributed by atoms with E-state index in [2.05, 4.69) is 26.9 Å². The number of aromatic nitrogens is 2. The van der Waals surface area contributed by atoms with Crippen LogP contribution in [0.3, 0.4) is 0 Å². The Morgan fingerprint density at radius 2 is 1.77 bits per heavy atom. The molecule has 2 aliphatic rings. The minimum atomic E-state index is -0.901. The Labute approximate surface area is 177 Å². The second-order valence-electron chi connectivity index (χ2n) is 8.24. The second-order valence-corrected chi connectivity index (χ2v) is 8.24. The van der Waals surface area contributed by atoms with E-state index >= 15 is 0 Å². The zero-order valence-corrected chi connectivity index (χ0v) is 17.8. The predicted octanol–water partition coefficient (Wildman–Crippen LogP) is 1.06. The number of nitrogens with zero attached hydrogens (tertiary/aromatic N) is 5. The molecule has 1 aromatic carbocycles. The summed E-state index contributed by atoms with van der Waals surface area (Å²) in [5, 5.41) is 11.0. The standard InChI is InChI=1S/C22H31N5O3/c1-24-12-9-23-21(24)22(29)7-10-25(11-8-22)17-20(28)27-15-13-26(14-16-27)18-3-5-19(30-2)6-4-18/h3-6,9,12,29H,7-8,10-11,13-17H2,1-2H3. The highest BCUT2D eigenvalue weighted by Crippen LogP contribution is 2.31. The number of benzene rings is 1. The lowest BCUT2D eigenvalue weighted by atomic mass is 9.90. The van der Waals surface area contributed by atoms with Gasteiger partial charge < -0.3 is 24.2 Å². The van der Waals surface area contributed by atoms with Gasteiger partial charge in [-0.25, -0.2) is 4.98 Å². The molecule has 3 heterocycles. The first-order valence-electron chi connectivity index (χ1n) is 10.6. The van der Waals surface area contributed by atoms with Crippen LogP contribution in [-0.2, 0) is 17.4 Å². The smallest absolute Gasteiger partial charge is 0.236 e. The number of aliphatic hydroxyl groups is 1. The summed E-state index contributed by atoms with van der Waals surface area (Å²) in [6.45, 7) is 4.93. The number of carbonyl (C=O) groups excluding carboxylic acids is 1. The maximum Gasteiger partial charge on any atom is 0.236 e. The highest BCUT2D eigenvalue weighted by molar-refractivity contribution is 5.78. The number of carbonyl (C=O) groups is 1. The molecule has 1 N–H and O–H groups in total. The van der Waals surface area contributed by atoms with Crippen LogP contribution in [0.25, 0.3) is 0 Å². The number of piperidine rings is 1. The number of hydrogen-bond acceptors (Lipinski definition) is 6. The molecule has 8 nitrogen and oxygen atoms in total. The number of rotatable bonds is 5.